The van der Waals surface area contributed by atoms with Crippen molar-refractivity contribution in [2.45, 2.75) is 44.2 Å². The number of hydrogen-bond donors (Lipinski definition) is 2. The topological polar surface area (TPSA) is 80.5 Å². The lowest BCUT2D eigenvalue weighted by molar-refractivity contribution is -0.122. The molecular formula is C22H30F2N4O2S. The van der Waals surface area contributed by atoms with Crippen LogP contribution < -0.4 is 15.2 Å². The number of hydrogen-bond acceptors (Lipinski definition) is 6. The molecule has 1 atom stereocenters. The third-order valence-electron chi connectivity index (χ3n) is 5.00. The van der Waals surface area contributed by atoms with E-state index >= 15 is 0 Å². The summed E-state index contributed by atoms with van der Waals surface area (Å²) < 4.78 is 29.3. The van der Waals surface area contributed by atoms with Crippen molar-refractivity contribution < 1.29 is 18.3 Å². The second-order valence-corrected chi connectivity index (χ2v) is 8.86. The molecule has 1 saturated heterocycles. The molecule has 1 fully saturated rings. The molecule has 1 amide bonds. The Morgan fingerprint density at radius 3 is 2.68 bits per heavy atom. The van der Waals surface area contributed by atoms with Crippen LogP contribution in [0.2, 0.25) is 0 Å². The number of piperidine rings is 1. The highest BCUT2D eigenvalue weighted by molar-refractivity contribution is 7.97. The summed E-state index contributed by atoms with van der Waals surface area (Å²) in [5, 5.41) is 9.18. The molecule has 0 aliphatic carbocycles. The highest BCUT2D eigenvalue weighted by Crippen LogP contribution is 2.25. The number of amides is 1. The fraction of sp³-hybridized carbons (Fsp3) is 0.455. The molecule has 0 bridgehead atoms. The summed E-state index contributed by atoms with van der Waals surface area (Å²) in [5.41, 5.74) is 0.870. The number of carbonyl (C=O) groups is 1. The van der Waals surface area contributed by atoms with Crippen LogP contribution in [0.5, 0.6) is 5.75 Å². The Balaban J connectivity index is 0.000000285. The lowest BCUT2D eigenvalue weighted by Crippen LogP contribution is -2.49. The van der Waals surface area contributed by atoms with Crippen molar-refractivity contribution in [3.8, 4) is 5.75 Å². The number of anilines is 1. The van der Waals surface area contributed by atoms with Crippen molar-refractivity contribution in [1.29, 1.82) is 0 Å². The molecule has 1 unspecified atom stereocenters. The van der Waals surface area contributed by atoms with Gasteiger partial charge in [-0.2, -0.15) is 4.39 Å². The first kappa shape index (κ1) is 25.0. The summed E-state index contributed by atoms with van der Waals surface area (Å²) in [7, 11) is 1.29. The zero-order valence-corrected chi connectivity index (χ0v) is 19.1. The highest BCUT2D eigenvalue weighted by atomic mass is 32.2. The number of likely N-dealkylation sites (tertiary alicyclic amines) is 1. The molecule has 0 saturated carbocycles. The number of benzene rings is 1. The summed E-state index contributed by atoms with van der Waals surface area (Å²) in [5.74, 6) is -1.77. The van der Waals surface area contributed by atoms with Crippen LogP contribution in [0, 0.1) is 17.6 Å². The van der Waals surface area contributed by atoms with Crippen molar-refractivity contribution in [2.24, 2.45) is 11.1 Å². The quantitative estimate of drug-likeness (QED) is 0.667. The molecule has 2 aromatic rings. The number of carbonyl (C=O) groups excluding carboxylic acids is 1. The number of pyridine rings is 1. The molecular weight excluding hydrogens is 422 g/mol. The van der Waals surface area contributed by atoms with Crippen LogP contribution in [0.15, 0.2) is 41.6 Å². The van der Waals surface area contributed by atoms with Crippen LogP contribution in [0.3, 0.4) is 0 Å². The standard InChI is InChI=1S/C15H24N4OS.C7H6F2O/c1-15(2,3)19-8-4-5-11(10-19)14(20)18-12-6-7-17-13(9-12)21-16;1-10-6-4-2-3-5(8)7(6)9/h6-7,9,11H,4-5,8,10,16H2,1-3H3,(H,17,18,20);2-4H,1H3. The lowest BCUT2D eigenvalue weighted by Gasteiger charge is -2.41. The number of methoxy groups -OCH3 is 1. The van der Waals surface area contributed by atoms with Crippen molar-refractivity contribution in [1.82, 2.24) is 9.88 Å². The molecule has 3 rings (SSSR count). The van der Waals surface area contributed by atoms with Gasteiger partial charge in [0.1, 0.15) is 5.03 Å². The number of rotatable bonds is 4. The fourth-order valence-electron chi connectivity index (χ4n) is 3.24. The van der Waals surface area contributed by atoms with Crippen LogP contribution in [0.25, 0.3) is 0 Å². The largest absolute Gasteiger partial charge is 0.494 e. The molecule has 9 heteroatoms. The number of halogens is 2. The Labute approximate surface area is 186 Å². The molecule has 0 spiro atoms. The van der Waals surface area contributed by atoms with Crippen molar-refractivity contribution in [2.75, 3.05) is 25.5 Å². The second-order valence-electron chi connectivity index (χ2n) is 8.20. The molecule has 2 heterocycles. The maximum Gasteiger partial charge on any atom is 0.228 e. The van der Waals surface area contributed by atoms with Gasteiger partial charge in [0, 0.05) is 24.0 Å². The van der Waals surface area contributed by atoms with Crippen LogP contribution in [-0.2, 0) is 4.79 Å². The zero-order valence-electron chi connectivity index (χ0n) is 18.3. The second kappa shape index (κ2) is 11.4. The van der Waals surface area contributed by atoms with E-state index in [0.29, 0.717) is 5.03 Å². The number of nitrogens with one attached hydrogen (secondary N) is 1. The van der Waals surface area contributed by atoms with E-state index in [2.05, 4.69) is 40.7 Å². The highest BCUT2D eigenvalue weighted by Gasteiger charge is 2.31. The molecule has 1 aliphatic rings. The van der Waals surface area contributed by atoms with E-state index in [-0.39, 0.29) is 23.1 Å². The van der Waals surface area contributed by atoms with Gasteiger partial charge in [0.2, 0.25) is 11.7 Å². The van der Waals surface area contributed by atoms with Crippen LogP contribution >= 0.6 is 11.9 Å². The SMILES string of the molecule is CC(C)(C)N1CCCC(C(=O)Nc2ccnc(SN)c2)C1.COc1cccc(F)c1F. The summed E-state index contributed by atoms with van der Waals surface area (Å²) in [4.78, 5) is 18.9. The Morgan fingerprint density at radius 2 is 2.06 bits per heavy atom. The van der Waals surface area contributed by atoms with Crippen molar-refractivity contribution >= 4 is 23.5 Å². The average Bonchev–Trinajstić information content (AvgIpc) is 2.76. The Hall–Kier alpha value is -2.23. The molecule has 3 N–H and O–H groups in total. The summed E-state index contributed by atoms with van der Waals surface area (Å²) >= 11 is 1.08. The van der Waals surface area contributed by atoms with Gasteiger partial charge >= 0.3 is 0 Å². The van der Waals surface area contributed by atoms with Gasteiger partial charge in [-0.25, -0.2) is 9.37 Å². The normalized spacial score (nSPS) is 16.8. The number of ether oxygens (including phenoxy) is 1. The minimum atomic E-state index is -0.940. The summed E-state index contributed by atoms with van der Waals surface area (Å²) in [6.07, 6.45) is 3.67. The van der Waals surface area contributed by atoms with E-state index < -0.39 is 11.6 Å². The van der Waals surface area contributed by atoms with Crippen molar-refractivity contribution in [3.05, 3.63) is 48.2 Å². The van der Waals surface area contributed by atoms with E-state index in [1.54, 1.807) is 18.3 Å². The first-order chi connectivity index (χ1) is 14.7. The molecule has 1 aromatic heterocycles. The zero-order chi connectivity index (χ0) is 23.0. The van der Waals surface area contributed by atoms with E-state index in [0.717, 1.165) is 49.6 Å². The van der Waals surface area contributed by atoms with Gasteiger partial charge < -0.3 is 10.1 Å². The van der Waals surface area contributed by atoms with Crippen LogP contribution in [-0.4, -0.2) is 41.5 Å². The predicted octanol–water partition coefficient (Wildman–Crippen LogP) is 4.47. The van der Waals surface area contributed by atoms with Crippen LogP contribution in [0.4, 0.5) is 14.5 Å². The van der Waals surface area contributed by atoms with E-state index in [9.17, 15) is 13.6 Å². The third-order valence-corrected chi connectivity index (χ3v) is 5.46. The lowest BCUT2D eigenvalue weighted by atomic mass is 9.93. The minimum Gasteiger partial charge on any atom is -0.494 e. The Morgan fingerprint density at radius 1 is 1.32 bits per heavy atom. The molecule has 6 nitrogen and oxygen atoms in total. The third kappa shape index (κ3) is 7.45. The summed E-state index contributed by atoms with van der Waals surface area (Å²) in [6.45, 7) is 8.47. The maximum absolute atomic E-state index is 12.5. The Bertz CT molecular complexity index is 877. The average molecular weight is 453 g/mol. The van der Waals surface area contributed by atoms with E-state index in [1.807, 2.05) is 0 Å². The van der Waals surface area contributed by atoms with Gasteiger partial charge in [-0.1, -0.05) is 6.07 Å². The van der Waals surface area contributed by atoms with Gasteiger partial charge in [0.05, 0.1) is 13.0 Å². The summed E-state index contributed by atoms with van der Waals surface area (Å²) in [6, 6.07) is 7.38. The van der Waals surface area contributed by atoms with Gasteiger partial charge in [-0.05, 0) is 76.4 Å². The predicted molar refractivity (Wildman–Crippen MR) is 120 cm³/mol. The number of nitrogens with zero attached hydrogens (tertiary/aromatic N) is 2. The number of nitrogens with two attached hydrogens (primary N) is 1. The molecule has 0 radical (unpaired) electrons. The maximum atomic E-state index is 12.5. The first-order valence-electron chi connectivity index (χ1n) is 10.0. The number of aromatic nitrogens is 1. The Kier molecular flexibility index (Phi) is 9.21. The fourth-order valence-corrected chi connectivity index (χ4v) is 3.55. The van der Waals surface area contributed by atoms with Gasteiger partial charge in [-0.3, -0.25) is 14.8 Å². The monoisotopic (exact) mass is 452 g/mol. The van der Waals surface area contributed by atoms with Gasteiger partial charge in [0.25, 0.3) is 0 Å². The smallest absolute Gasteiger partial charge is 0.228 e. The van der Waals surface area contributed by atoms with E-state index in [1.165, 1.54) is 19.2 Å². The van der Waals surface area contributed by atoms with Crippen LogP contribution in [0.1, 0.15) is 33.6 Å². The van der Waals surface area contributed by atoms with E-state index in [4.69, 9.17) is 5.14 Å². The van der Waals surface area contributed by atoms with Gasteiger partial charge in [0.15, 0.2) is 11.6 Å². The molecule has 1 aliphatic heterocycles. The molecule has 170 valence electrons. The first-order valence-corrected chi connectivity index (χ1v) is 10.9. The van der Waals surface area contributed by atoms with Crippen molar-refractivity contribution in [3.63, 3.8) is 0 Å². The minimum absolute atomic E-state index is 0.0418. The molecule has 1 aromatic carbocycles. The van der Waals surface area contributed by atoms with Gasteiger partial charge in [-0.15, -0.1) is 0 Å². The molecule has 31 heavy (non-hydrogen) atoms.